The first kappa shape index (κ1) is 21.8. The summed E-state index contributed by atoms with van der Waals surface area (Å²) >= 11 is 0. The van der Waals surface area contributed by atoms with Crippen LogP contribution in [0.3, 0.4) is 0 Å². The Bertz CT molecular complexity index is 733. The standard InChI is InChI=1S/C25H36N2O3/c1-19(29)4-5-20-6-8-22(9-7-20)25-23-17-26(16-21-10-14-30-15-11-21)12-2-3-13-27(23)24(25)18-28/h6-9,19,21,23-25,28-29H,2-3,10-18H2,1H3/t19-,23+,24+,25+/m1/s1. The SMILES string of the molecule is C[C@@H](O)C#Cc1ccc([C@@H]2[C@H](CO)N3CCCCN(CC4CCOCC4)C[C@@H]23)cc1. The highest BCUT2D eigenvalue weighted by atomic mass is 16.5. The number of hydrogen-bond acceptors (Lipinski definition) is 5. The third kappa shape index (κ3) is 5.07. The topological polar surface area (TPSA) is 56.2 Å². The van der Waals surface area contributed by atoms with E-state index in [0.29, 0.717) is 12.0 Å². The lowest BCUT2D eigenvalue weighted by molar-refractivity contribution is -0.0677. The molecule has 0 amide bonds. The summed E-state index contributed by atoms with van der Waals surface area (Å²) < 4.78 is 5.55. The molecule has 5 heteroatoms. The normalized spacial score (nSPS) is 29.6. The first-order valence-corrected chi connectivity index (χ1v) is 11.6. The van der Waals surface area contributed by atoms with Gasteiger partial charge in [-0.15, -0.1) is 0 Å². The third-order valence-electron chi connectivity index (χ3n) is 7.03. The Hall–Kier alpha value is -1.42. The maximum absolute atomic E-state index is 10.1. The van der Waals surface area contributed by atoms with Gasteiger partial charge in [0.2, 0.25) is 0 Å². The molecule has 1 aromatic rings. The fourth-order valence-corrected chi connectivity index (χ4v) is 5.45. The summed E-state index contributed by atoms with van der Waals surface area (Å²) in [5.41, 5.74) is 2.22. The van der Waals surface area contributed by atoms with Crippen LogP contribution in [0.2, 0.25) is 0 Å². The number of aliphatic hydroxyl groups is 2. The zero-order valence-corrected chi connectivity index (χ0v) is 18.2. The molecule has 4 rings (SSSR count). The van der Waals surface area contributed by atoms with Crippen molar-refractivity contribution in [3.63, 3.8) is 0 Å². The van der Waals surface area contributed by atoms with Crippen LogP contribution in [0.15, 0.2) is 24.3 Å². The molecule has 4 atom stereocenters. The van der Waals surface area contributed by atoms with Gasteiger partial charge in [-0.25, -0.2) is 0 Å². The van der Waals surface area contributed by atoms with E-state index in [-0.39, 0.29) is 12.6 Å². The van der Waals surface area contributed by atoms with Crippen molar-refractivity contribution in [1.82, 2.24) is 9.80 Å². The fourth-order valence-electron chi connectivity index (χ4n) is 5.45. The Morgan fingerprint density at radius 1 is 1.13 bits per heavy atom. The van der Waals surface area contributed by atoms with Crippen LogP contribution in [-0.4, -0.2) is 84.2 Å². The number of benzene rings is 1. The second-order valence-corrected chi connectivity index (χ2v) is 9.17. The van der Waals surface area contributed by atoms with E-state index in [9.17, 15) is 10.2 Å². The summed E-state index contributed by atoms with van der Waals surface area (Å²) in [6.45, 7) is 8.25. The lowest BCUT2D eigenvalue weighted by Crippen LogP contribution is -2.67. The Labute approximate surface area is 181 Å². The molecule has 0 aliphatic carbocycles. The van der Waals surface area contributed by atoms with Crippen LogP contribution in [-0.2, 0) is 4.74 Å². The maximum Gasteiger partial charge on any atom is 0.112 e. The molecule has 3 fully saturated rings. The van der Waals surface area contributed by atoms with Crippen molar-refractivity contribution >= 4 is 0 Å². The molecule has 0 spiro atoms. The molecule has 164 valence electrons. The highest BCUT2D eigenvalue weighted by Crippen LogP contribution is 2.42. The van der Waals surface area contributed by atoms with E-state index in [0.717, 1.165) is 37.8 Å². The van der Waals surface area contributed by atoms with Crippen LogP contribution < -0.4 is 0 Å². The van der Waals surface area contributed by atoms with E-state index in [2.05, 4.69) is 33.8 Å². The van der Waals surface area contributed by atoms with Gasteiger partial charge in [0.1, 0.15) is 6.10 Å². The van der Waals surface area contributed by atoms with E-state index < -0.39 is 6.10 Å². The summed E-state index contributed by atoms with van der Waals surface area (Å²) in [7, 11) is 0. The summed E-state index contributed by atoms with van der Waals surface area (Å²) in [4.78, 5) is 5.22. The van der Waals surface area contributed by atoms with Gasteiger partial charge < -0.3 is 19.8 Å². The van der Waals surface area contributed by atoms with E-state index >= 15 is 0 Å². The minimum Gasteiger partial charge on any atom is -0.395 e. The van der Waals surface area contributed by atoms with Crippen LogP contribution in [0, 0.1) is 17.8 Å². The molecule has 0 saturated carbocycles. The predicted molar refractivity (Wildman–Crippen MR) is 118 cm³/mol. The Morgan fingerprint density at radius 2 is 1.87 bits per heavy atom. The van der Waals surface area contributed by atoms with Crippen molar-refractivity contribution in [2.24, 2.45) is 5.92 Å². The fraction of sp³-hybridized carbons (Fsp3) is 0.680. The molecule has 2 N–H and O–H groups in total. The molecular weight excluding hydrogens is 376 g/mol. The predicted octanol–water partition coefficient (Wildman–Crippen LogP) is 2.07. The highest BCUT2D eigenvalue weighted by molar-refractivity contribution is 5.39. The van der Waals surface area contributed by atoms with Crippen molar-refractivity contribution < 1.29 is 14.9 Å². The molecule has 3 saturated heterocycles. The van der Waals surface area contributed by atoms with E-state index in [1.165, 1.54) is 44.3 Å². The van der Waals surface area contributed by atoms with Gasteiger partial charge in [-0.2, -0.15) is 0 Å². The van der Waals surface area contributed by atoms with Crippen molar-refractivity contribution in [2.75, 3.05) is 46.0 Å². The molecule has 0 unspecified atom stereocenters. The number of aliphatic hydroxyl groups excluding tert-OH is 2. The number of rotatable bonds is 4. The van der Waals surface area contributed by atoms with Crippen LogP contribution in [0.4, 0.5) is 0 Å². The first-order chi connectivity index (χ1) is 14.7. The highest BCUT2D eigenvalue weighted by Gasteiger charge is 2.49. The summed E-state index contributed by atoms with van der Waals surface area (Å²) in [5.74, 6) is 6.95. The minimum absolute atomic E-state index is 0.213. The lowest BCUT2D eigenvalue weighted by atomic mass is 9.74. The summed E-state index contributed by atoms with van der Waals surface area (Å²) in [5, 5.41) is 19.5. The Balaban J connectivity index is 1.47. The second kappa shape index (κ2) is 10.3. The monoisotopic (exact) mass is 412 g/mol. The van der Waals surface area contributed by atoms with E-state index in [1.54, 1.807) is 6.92 Å². The van der Waals surface area contributed by atoms with Crippen molar-refractivity contribution in [3.8, 4) is 11.8 Å². The molecule has 3 heterocycles. The zero-order chi connectivity index (χ0) is 20.9. The smallest absolute Gasteiger partial charge is 0.112 e. The number of ether oxygens (including phenoxy) is 1. The molecule has 3 aliphatic heterocycles. The van der Waals surface area contributed by atoms with E-state index in [1.807, 2.05) is 12.1 Å². The van der Waals surface area contributed by atoms with Crippen LogP contribution in [0.25, 0.3) is 0 Å². The van der Waals surface area contributed by atoms with Crippen LogP contribution >= 0.6 is 0 Å². The van der Waals surface area contributed by atoms with Gasteiger partial charge in [0, 0.05) is 49.9 Å². The molecule has 0 bridgehead atoms. The maximum atomic E-state index is 10.1. The zero-order valence-electron chi connectivity index (χ0n) is 18.2. The largest absolute Gasteiger partial charge is 0.395 e. The Kier molecular flexibility index (Phi) is 7.45. The van der Waals surface area contributed by atoms with Gasteiger partial charge in [-0.1, -0.05) is 24.0 Å². The third-order valence-corrected chi connectivity index (χ3v) is 7.03. The van der Waals surface area contributed by atoms with Crippen LogP contribution in [0.5, 0.6) is 0 Å². The van der Waals surface area contributed by atoms with Gasteiger partial charge >= 0.3 is 0 Å². The quantitative estimate of drug-likeness (QED) is 0.742. The lowest BCUT2D eigenvalue weighted by Gasteiger charge is -2.57. The van der Waals surface area contributed by atoms with Crippen molar-refractivity contribution in [1.29, 1.82) is 0 Å². The van der Waals surface area contributed by atoms with Gasteiger partial charge in [0.05, 0.1) is 6.61 Å². The van der Waals surface area contributed by atoms with Crippen LogP contribution in [0.1, 0.15) is 49.7 Å². The van der Waals surface area contributed by atoms with Crippen molar-refractivity contribution in [2.45, 2.75) is 56.7 Å². The van der Waals surface area contributed by atoms with Gasteiger partial charge in [0.15, 0.2) is 0 Å². The van der Waals surface area contributed by atoms with Gasteiger partial charge in [0.25, 0.3) is 0 Å². The van der Waals surface area contributed by atoms with E-state index in [4.69, 9.17) is 4.74 Å². The molecule has 3 aliphatic rings. The first-order valence-electron chi connectivity index (χ1n) is 11.6. The number of fused-ring (bicyclic) bond motifs is 1. The molecule has 1 aromatic carbocycles. The molecule has 30 heavy (non-hydrogen) atoms. The molecule has 5 nitrogen and oxygen atoms in total. The Morgan fingerprint density at radius 3 is 2.57 bits per heavy atom. The average Bonchev–Trinajstić information content (AvgIpc) is 2.74. The summed E-state index contributed by atoms with van der Waals surface area (Å²) in [6, 6.07) is 9.11. The molecule has 0 aromatic heterocycles. The minimum atomic E-state index is -0.611. The van der Waals surface area contributed by atoms with Gasteiger partial charge in [-0.3, -0.25) is 4.90 Å². The molecular formula is C25H36N2O3. The van der Waals surface area contributed by atoms with Gasteiger partial charge in [-0.05, 0) is 69.3 Å². The average molecular weight is 413 g/mol. The second-order valence-electron chi connectivity index (χ2n) is 9.17. The van der Waals surface area contributed by atoms with Crippen molar-refractivity contribution in [3.05, 3.63) is 35.4 Å². The number of hydrogen-bond donors (Lipinski definition) is 2. The number of nitrogens with zero attached hydrogens (tertiary/aromatic N) is 2. The molecule has 0 radical (unpaired) electrons. The summed E-state index contributed by atoms with van der Waals surface area (Å²) in [6.07, 6.45) is 4.20.